The summed E-state index contributed by atoms with van der Waals surface area (Å²) in [5, 5.41) is 8.74. The molecule has 0 amide bonds. The van der Waals surface area contributed by atoms with Crippen LogP contribution in [0.1, 0.15) is 39.0 Å². The molecule has 0 aliphatic heterocycles. The Hall–Kier alpha value is -0.860. The highest BCUT2D eigenvalue weighted by atomic mass is 16.4. The number of carboxylic acid groups (broad SMARTS) is 1. The van der Waals surface area contributed by atoms with E-state index < -0.39 is 5.97 Å². The third kappa shape index (κ3) is 2.83. The smallest absolute Gasteiger partial charge is 0.306 e. The minimum atomic E-state index is -0.702. The summed E-state index contributed by atoms with van der Waals surface area (Å²) >= 11 is 0. The van der Waals surface area contributed by atoms with E-state index in [4.69, 9.17) is 5.11 Å². The van der Waals surface area contributed by atoms with Crippen LogP contribution in [0.15, 0.2) is 0 Å². The van der Waals surface area contributed by atoms with E-state index in [1.807, 2.05) is 6.92 Å². The molecule has 1 aliphatic rings. The Morgan fingerprint density at radius 3 is 2.54 bits per heavy atom. The topological polar surface area (TPSA) is 54.4 Å². The molecule has 2 atom stereocenters. The Bertz CT molecular complexity index is 210. The predicted octanol–water partition coefficient (Wildman–Crippen LogP) is 1.86. The second-order valence-electron chi connectivity index (χ2n) is 3.81. The second-order valence-corrected chi connectivity index (χ2v) is 3.81. The first-order valence-corrected chi connectivity index (χ1v) is 4.88. The van der Waals surface area contributed by atoms with Gasteiger partial charge in [0.1, 0.15) is 5.78 Å². The quantitative estimate of drug-likeness (QED) is 0.725. The first-order valence-electron chi connectivity index (χ1n) is 4.88. The molecule has 0 aromatic heterocycles. The standard InChI is InChI=1S/C10H16O3/c1-2-9(11)6-7-3-4-8(5-7)10(12)13/h7-8H,2-6H2,1H3,(H,12,13)/t7-,8+/m0/s1. The highest BCUT2D eigenvalue weighted by molar-refractivity contribution is 5.78. The van der Waals surface area contributed by atoms with Crippen LogP contribution in [0.2, 0.25) is 0 Å². The van der Waals surface area contributed by atoms with Gasteiger partial charge in [0.15, 0.2) is 0 Å². The van der Waals surface area contributed by atoms with Crippen molar-refractivity contribution in [3.8, 4) is 0 Å². The molecule has 1 rings (SSSR count). The fourth-order valence-electron chi connectivity index (χ4n) is 1.95. The van der Waals surface area contributed by atoms with Gasteiger partial charge in [-0.2, -0.15) is 0 Å². The lowest BCUT2D eigenvalue weighted by Gasteiger charge is -2.06. The number of ketones is 1. The summed E-state index contributed by atoms with van der Waals surface area (Å²) in [6, 6.07) is 0. The van der Waals surface area contributed by atoms with Crippen molar-refractivity contribution < 1.29 is 14.7 Å². The average Bonchev–Trinajstić information content (AvgIpc) is 2.52. The van der Waals surface area contributed by atoms with Crippen LogP contribution in [0, 0.1) is 11.8 Å². The minimum Gasteiger partial charge on any atom is -0.481 e. The van der Waals surface area contributed by atoms with Gasteiger partial charge in [-0.1, -0.05) is 6.92 Å². The lowest BCUT2D eigenvalue weighted by Crippen LogP contribution is -2.10. The molecule has 0 heterocycles. The van der Waals surface area contributed by atoms with Crippen LogP contribution in [0.5, 0.6) is 0 Å². The van der Waals surface area contributed by atoms with E-state index in [0.717, 1.165) is 12.8 Å². The molecular formula is C10H16O3. The summed E-state index contributed by atoms with van der Waals surface area (Å²) in [5.41, 5.74) is 0. The lowest BCUT2D eigenvalue weighted by atomic mass is 9.98. The molecular weight excluding hydrogens is 168 g/mol. The molecule has 0 aromatic carbocycles. The number of hydrogen-bond donors (Lipinski definition) is 1. The van der Waals surface area contributed by atoms with Crippen LogP contribution >= 0.6 is 0 Å². The maximum absolute atomic E-state index is 11.1. The van der Waals surface area contributed by atoms with Gasteiger partial charge in [0.2, 0.25) is 0 Å². The number of aliphatic carboxylic acids is 1. The van der Waals surface area contributed by atoms with E-state index in [1.165, 1.54) is 0 Å². The molecule has 0 bridgehead atoms. The maximum Gasteiger partial charge on any atom is 0.306 e. The van der Waals surface area contributed by atoms with E-state index >= 15 is 0 Å². The summed E-state index contributed by atoms with van der Waals surface area (Å²) < 4.78 is 0. The SMILES string of the molecule is CCC(=O)C[C@H]1CC[C@@H](C(=O)O)C1. The molecule has 1 aliphatic carbocycles. The fourth-order valence-corrected chi connectivity index (χ4v) is 1.95. The highest BCUT2D eigenvalue weighted by Crippen LogP contribution is 2.33. The van der Waals surface area contributed by atoms with E-state index in [2.05, 4.69) is 0 Å². The lowest BCUT2D eigenvalue weighted by molar-refractivity contribution is -0.141. The molecule has 0 radical (unpaired) electrons. The van der Waals surface area contributed by atoms with E-state index in [9.17, 15) is 9.59 Å². The van der Waals surface area contributed by atoms with Crippen LogP contribution in [0.25, 0.3) is 0 Å². The molecule has 13 heavy (non-hydrogen) atoms. The molecule has 0 saturated heterocycles. The Morgan fingerprint density at radius 1 is 1.38 bits per heavy atom. The third-order valence-corrected chi connectivity index (χ3v) is 2.80. The summed E-state index contributed by atoms with van der Waals surface area (Å²) in [6.07, 6.45) is 3.51. The van der Waals surface area contributed by atoms with Gasteiger partial charge in [-0.3, -0.25) is 9.59 Å². The number of hydrogen-bond acceptors (Lipinski definition) is 2. The van der Waals surface area contributed by atoms with Crippen LogP contribution in [-0.2, 0) is 9.59 Å². The zero-order valence-electron chi connectivity index (χ0n) is 7.95. The largest absolute Gasteiger partial charge is 0.481 e. The molecule has 0 aromatic rings. The highest BCUT2D eigenvalue weighted by Gasteiger charge is 2.30. The molecule has 0 unspecified atom stereocenters. The molecule has 0 spiro atoms. The van der Waals surface area contributed by atoms with E-state index in [1.54, 1.807) is 0 Å². The van der Waals surface area contributed by atoms with Gasteiger partial charge in [0, 0.05) is 12.8 Å². The molecule has 1 N–H and O–H groups in total. The van der Waals surface area contributed by atoms with Crippen LogP contribution < -0.4 is 0 Å². The minimum absolute atomic E-state index is 0.199. The summed E-state index contributed by atoms with van der Waals surface area (Å²) in [5.74, 6) is -0.314. The van der Waals surface area contributed by atoms with Gasteiger partial charge in [-0.25, -0.2) is 0 Å². The number of carbonyl (C=O) groups excluding carboxylic acids is 1. The number of carbonyl (C=O) groups is 2. The van der Waals surface area contributed by atoms with Gasteiger partial charge in [0.05, 0.1) is 5.92 Å². The first-order chi connectivity index (χ1) is 6.13. The van der Waals surface area contributed by atoms with Gasteiger partial charge in [-0.05, 0) is 25.2 Å². The van der Waals surface area contributed by atoms with E-state index in [-0.39, 0.29) is 11.7 Å². The van der Waals surface area contributed by atoms with Gasteiger partial charge in [-0.15, -0.1) is 0 Å². The Labute approximate surface area is 78.1 Å². The van der Waals surface area contributed by atoms with Crippen molar-refractivity contribution in [3.05, 3.63) is 0 Å². The summed E-state index contributed by atoms with van der Waals surface area (Å²) in [7, 11) is 0. The van der Waals surface area contributed by atoms with Gasteiger partial charge in [0.25, 0.3) is 0 Å². The fraction of sp³-hybridized carbons (Fsp3) is 0.800. The normalized spacial score (nSPS) is 27.5. The second kappa shape index (κ2) is 4.40. The molecule has 1 saturated carbocycles. The van der Waals surface area contributed by atoms with Crippen LogP contribution in [0.3, 0.4) is 0 Å². The van der Waals surface area contributed by atoms with Gasteiger partial charge >= 0.3 is 5.97 Å². The average molecular weight is 184 g/mol. The Balaban J connectivity index is 2.33. The predicted molar refractivity (Wildman–Crippen MR) is 48.4 cm³/mol. The maximum atomic E-state index is 11.1. The molecule has 3 heteroatoms. The first kappa shape index (κ1) is 10.2. The molecule has 1 fully saturated rings. The molecule has 3 nitrogen and oxygen atoms in total. The van der Waals surface area contributed by atoms with Crippen molar-refractivity contribution in [2.75, 3.05) is 0 Å². The Morgan fingerprint density at radius 2 is 2.08 bits per heavy atom. The van der Waals surface area contributed by atoms with E-state index in [0.29, 0.717) is 25.2 Å². The monoisotopic (exact) mass is 184 g/mol. The third-order valence-electron chi connectivity index (χ3n) is 2.80. The van der Waals surface area contributed by atoms with Crippen molar-refractivity contribution in [1.82, 2.24) is 0 Å². The van der Waals surface area contributed by atoms with Crippen LogP contribution in [-0.4, -0.2) is 16.9 Å². The zero-order valence-corrected chi connectivity index (χ0v) is 7.95. The van der Waals surface area contributed by atoms with Crippen molar-refractivity contribution in [2.45, 2.75) is 39.0 Å². The Kier molecular flexibility index (Phi) is 3.46. The number of rotatable bonds is 4. The van der Waals surface area contributed by atoms with Gasteiger partial charge < -0.3 is 5.11 Å². The van der Waals surface area contributed by atoms with Crippen molar-refractivity contribution in [2.24, 2.45) is 11.8 Å². The van der Waals surface area contributed by atoms with Crippen molar-refractivity contribution in [3.63, 3.8) is 0 Å². The number of carboxylic acids is 1. The van der Waals surface area contributed by atoms with Crippen molar-refractivity contribution in [1.29, 1.82) is 0 Å². The zero-order chi connectivity index (χ0) is 9.84. The van der Waals surface area contributed by atoms with Crippen LogP contribution in [0.4, 0.5) is 0 Å². The summed E-state index contributed by atoms with van der Waals surface area (Å²) in [6.45, 7) is 1.85. The molecule has 74 valence electrons. The van der Waals surface area contributed by atoms with Crippen molar-refractivity contribution >= 4 is 11.8 Å². The number of Topliss-reactive ketones (excluding diaryl/α,β-unsaturated/α-hetero) is 1. The summed E-state index contributed by atoms with van der Waals surface area (Å²) in [4.78, 5) is 21.7.